The molecule has 0 aliphatic carbocycles. The van der Waals surface area contributed by atoms with Crippen molar-refractivity contribution in [2.24, 2.45) is 7.05 Å². The van der Waals surface area contributed by atoms with Gasteiger partial charge in [-0.1, -0.05) is 11.6 Å². The zero-order valence-corrected chi connectivity index (χ0v) is 12.1. The van der Waals surface area contributed by atoms with E-state index in [2.05, 4.69) is 10.9 Å². The van der Waals surface area contributed by atoms with Crippen LogP contribution in [0.2, 0.25) is 5.02 Å². The number of hydrogen-bond donors (Lipinski definition) is 2. The summed E-state index contributed by atoms with van der Waals surface area (Å²) in [6, 6.07) is 10.0. The molecule has 6 nitrogen and oxygen atoms in total. The Morgan fingerprint density at radius 1 is 1.19 bits per heavy atom. The Labute approximate surface area is 126 Å². The first kappa shape index (κ1) is 14.9. The first-order valence-electron chi connectivity index (χ1n) is 6.15. The predicted octanol–water partition coefficient (Wildman–Crippen LogP) is 1.52. The van der Waals surface area contributed by atoms with Crippen LogP contribution in [0.3, 0.4) is 0 Å². The third-order valence-electron chi connectivity index (χ3n) is 2.68. The lowest BCUT2D eigenvalue weighted by molar-refractivity contribution is -0.123. The molecular formula is C14H14ClN3O3. The molecule has 1 heterocycles. The summed E-state index contributed by atoms with van der Waals surface area (Å²) in [7, 11) is 1.74. The van der Waals surface area contributed by atoms with E-state index in [1.54, 1.807) is 54.2 Å². The van der Waals surface area contributed by atoms with E-state index in [9.17, 15) is 9.59 Å². The van der Waals surface area contributed by atoms with Gasteiger partial charge >= 0.3 is 0 Å². The minimum absolute atomic E-state index is 0.213. The van der Waals surface area contributed by atoms with Gasteiger partial charge in [0.05, 0.1) is 0 Å². The molecule has 0 radical (unpaired) electrons. The molecule has 0 saturated heterocycles. The molecule has 0 saturated carbocycles. The van der Waals surface area contributed by atoms with Crippen LogP contribution < -0.4 is 15.6 Å². The number of aromatic nitrogens is 1. The van der Waals surface area contributed by atoms with Crippen LogP contribution in [0.4, 0.5) is 0 Å². The van der Waals surface area contributed by atoms with Gasteiger partial charge < -0.3 is 9.30 Å². The van der Waals surface area contributed by atoms with Gasteiger partial charge in [-0.15, -0.1) is 0 Å². The molecule has 0 atom stereocenters. The van der Waals surface area contributed by atoms with Crippen LogP contribution >= 0.6 is 11.6 Å². The molecule has 0 aliphatic heterocycles. The second-order valence-corrected chi connectivity index (χ2v) is 4.69. The van der Waals surface area contributed by atoms with Gasteiger partial charge in [0.1, 0.15) is 11.4 Å². The summed E-state index contributed by atoms with van der Waals surface area (Å²) in [5.41, 5.74) is 5.03. The number of nitrogens with zero attached hydrogens (tertiary/aromatic N) is 1. The Morgan fingerprint density at radius 3 is 2.52 bits per heavy atom. The van der Waals surface area contributed by atoms with Crippen molar-refractivity contribution in [3.8, 4) is 5.75 Å². The molecule has 2 rings (SSSR count). The highest BCUT2D eigenvalue weighted by Crippen LogP contribution is 2.15. The Hall–Kier alpha value is -2.47. The normalized spacial score (nSPS) is 10.0. The van der Waals surface area contributed by atoms with Crippen LogP contribution in [0.15, 0.2) is 42.6 Å². The van der Waals surface area contributed by atoms with Crippen LogP contribution in [0.5, 0.6) is 5.75 Å². The number of ether oxygens (including phenoxy) is 1. The van der Waals surface area contributed by atoms with E-state index in [1.165, 1.54) is 0 Å². The molecule has 2 N–H and O–H groups in total. The lowest BCUT2D eigenvalue weighted by Crippen LogP contribution is -2.44. The van der Waals surface area contributed by atoms with Crippen molar-refractivity contribution in [2.45, 2.75) is 0 Å². The lowest BCUT2D eigenvalue weighted by Gasteiger charge is -2.09. The number of aryl methyl sites for hydroxylation is 1. The molecule has 110 valence electrons. The summed E-state index contributed by atoms with van der Waals surface area (Å²) >= 11 is 5.74. The number of hydrazine groups is 1. The smallest absolute Gasteiger partial charge is 0.286 e. The lowest BCUT2D eigenvalue weighted by atomic mass is 10.3. The molecule has 21 heavy (non-hydrogen) atoms. The summed E-state index contributed by atoms with van der Waals surface area (Å²) < 4.78 is 6.89. The fourth-order valence-electron chi connectivity index (χ4n) is 1.60. The summed E-state index contributed by atoms with van der Waals surface area (Å²) in [5, 5.41) is 0.585. The first-order chi connectivity index (χ1) is 10.1. The summed E-state index contributed by atoms with van der Waals surface area (Å²) in [5.74, 6) is -0.349. The molecule has 1 aromatic heterocycles. The maximum atomic E-state index is 11.7. The van der Waals surface area contributed by atoms with Crippen molar-refractivity contribution >= 4 is 23.4 Å². The first-order valence-corrected chi connectivity index (χ1v) is 6.53. The van der Waals surface area contributed by atoms with Crippen LogP contribution in [0.1, 0.15) is 10.5 Å². The molecule has 0 unspecified atom stereocenters. The molecule has 0 bridgehead atoms. The number of rotatable bonds is 4. The second kappa shape index (κ2) is 6.81. The molecule has 0 fully saturated rings. The molecule has 0 spiro atoms. The highest BCUT2D eigenvalue weighted by molar-refractivity contribution is 6.30. The van der Waals surface area contributed by atoms with Gasteiger partial charge in [0.15, 0.2) is 6.61 Å². The van der Waals surface area contributed by atoms with E-state index >= 15 is 0 Å². The summed E-state index contributed by atoms with van der Waals surface area (Å²) in [6.45, 7) is -0.213. The highest BCUT2D eigenvalue weighted by atomic mass is 35.5. The van der Waals surface area contributed by atoms with Crippen molar-refractivity contribution in [1.82, 2.24) is 15.4 Å². The fourth-order valence-corrected chi connectivity index (χ4v) is 1.73. The van der Waals surface area contributed by atoms with Gasteiger partial charge in [-0.25, -0.2) is 0 Å². The number of halogens is 1. The van der Waals surface area contributed by atoms with Crippen LogP contribution in [0, 0.1) is 0 Å². The van der Waals surface area contributed by atoms with E-state index in [-0.39, 0.29) is 6.61 Å². The zero-order valence-electron chi connectivity index (χ0n) is 11.3. The van der Waals surface area contributed by atoms with Crippen molar-refractivity contribution in [3.63, 3.8) is 0 Å². The fraction of sp³-hybridized carbons (Fsp3) is 0.143. The number of benzene rings is 1. The van der Waals surface area contributed by atoms with Crippen molar-refractivity contribution in [1.29, 1.82) is 0 Å². The van der Waals surface area contributed by atoms with Gasteiger partial charge in [0.2, 0.25) is 0 Å². The van der Waals surface area contributed by atoms with Gasteiger partial charge in [-0.2, -0.15) is 0 Å². The minimum Gasteiger partial charge on any atom is -0.484 e. The molecule has 1 aromatic carbocycles. The number of nitrogens with one attached hydrogen (secondary N) is 2. The van der Waals surface area contributed by atoms with Crippen LogP contribution in [0.25, 0.3) is 0 Å². The molecule has 0 aliphatic rings. The molecule has 7 heteroatoms. The van der Waals surface area contributed by atoms with Crippen LogP contribution in [-0.4, -0.2) is 23.0 Å². The van der Waals surface area contributed by atoms with E-state index in [0.717, 1.165) is 0 Å². The van der Waals surface area contributed by atoms with Gasteiger partial charge in [0, 0.05) is 18.3 Å². The maximum Gasteiger partial charge on any atom is 0.286 e. The average molecular weight is 308 g/mol. The Balaban J connectivity index is 1.76. The highest BCUT2D eigenvalue weighted by Gasteiger charge is 2.10. The third kappa shape index (κ3) is 4.25. The second-order valence-electron chi connectivity index (χ2n) is 4.25. The maximum absolute atomic E-state index is 11.7. The van der Waals surface area contributed by atoms with E-state index < -0.39 is 11.8 Å². The number of amides is 2. The monoisotopic (exact) mass is 307 g/mol. The SMILES string of the molecule is Cn1cccc1C(=O)NNC(=O)COc1ccc(Cl)cc1. The standard InChI is InChI=1S/C14H14ClN3O3/c1-18-8-2-3-12(18)14(20)17-16-13(19)9-21-11-6-4-10(15)5-7-11/h2-8H,9H2,1H3,(H,16,19)(H,17,20). The molecular weight excluding hydrogens is 294 g/mol. The Bertz CT molecular complexity index is 637. The predicted molar refractivity (Wildman–Crippen MR) is 78.0 cm³/mol. The van der Waals surface area contributed by atoms with Crippen molar-refractivity contribution in [3.05, 3.63) is 53.3 Å². The number of hydrogen-bond acceptors (Lipinski definition) is 3. The van der Waals surface area contributed by atoms with Gasteiger partial charge in [-0.3, -0.25) is 20.4 Å². The molecule has 2 amide bonds. The summed E-state index contributed by atoms with van der Waals surface area (Å²) in [4.78, 5) is 23.3. The average Bonchev–Trinajstić information content (AvgIpc) is 2.90. The van der Waals surface area contributed by atoms with E-state index in [0.29, 0.717) is 16.5 Å². The van der Waals surface area contributed by atoms with Crippen LogP contribution in [-0.2, 0) is 11.8 Å². The Morgan fingerprint density at radius 2 is 1.90 bits per heavy atom. The van der Waals surface area contributed by atoms with E-state index in [4.69, 9.17) is 16.3 Å². The largest absolute Gasteiger partial charge is 0.484 e. The Kier molecular flexibility index (Phi) is 4.84. The minimum atomic E-state index is -0.465. The van der Waals surface area contributed by atoms with Crippen molar-refractivity contribution < 1.29 is 14.3 Å². The van der Waals surface area contributed by atoms with Crippen molar-refractivity contribution in [2.75, 3.05) is 6.61 Å². The van der Waals surface area contributed by atoms with E-state index in [1.807, 2.05) is 0 Å². The zero-order chi connectivity index (χ0) is 15.2. The third-order valence-corrected chi connectivity index (χ3v) is 2.93. The quantitative estimate of drug-likeness (QED) is 0.841. The number of carbonyl (C=O) groups is 2. The number of carbonyl (C=O) groups excluding carboxylic acids is 2. The summed E-state index contributed by atoms with van der Waals surface area (Å²) in [6.07, 6.45) is 1.74. The topological polar surface area (TPSA) is 72.4 Å². The molecule has 2 aromatic rings. The van der Waals surface area contributed by atoms with Gasteiger partial charge in [-0.05, 0) is 36.4 Å². The van der Waals surface area contributed by atoms with Gasteiger partial charge in [0.25, 0.3) is 11.8 Å².